The Kier molecular flexibility index (Phi) is 4.55. The number of nitrogens with zero attached hydrogens (tertiary/aromatic N) is 1. The zero-order valence-corrected chi connectivity index (χ0v) is 16.3. The summed E-state index contributed by atoms with van der Waals surface area (Å²) in [6, 6.07) is 13.4. The maximum atomic E-state index is 11.6. The lowest BCUT2D eigenvalue weighted by Gasteiger charge is -2.26. The summed E-state index contributed by atoms with van der Waals surface area (Å²) in [5, 5.41) is 21.2. The number of carbonyl (C=O) groups is 1. The molecule has 1 saturated carbocycles. The van der Waals surface area contributed by atoms with Crippen molar-refractivity contribution in [1.29, 1.82) is 0 Å². The Hall–Kier alpha value is -2.79. The monoisotopic (exact) mass is 391 g/mol. The van der Waals surface area contributed by atoms with Crippen LogP contribution in [0.4, 0.5) is 0 Å². The normalized spacial score (nSPS) is 19.7. The van der Waals surface area contributed by atoms with Crippen LogP contribution in [0, 0.1) is 0 Å². The number of aliphatic hydroxyl groups is 1. The number of carboxylic acids is 1. The third kappa shape index (κ3) is 3.10. The maximum absolute atomic E-state index is 11.6. The minimum Gasteiger partial charge on any atom is -0.490 e. The van der Waals surface area contributed by atoms with Crippen molar-refractivity contribution in [2.45, 2.75) is 50.7 Å². The predicted molar refractivity (Wildman–Crippen MR) is 112 cm³/mol. The molecule has 29 heavy (non-hydrogen) atoms. The van der Waals surface area contributed by atoms with E-state index >= 15 is 0 Å². The molecular formula is C24H25NO4. The molecular weight excluding hydrogens is 366 g/mol. The summed E-state index contributed by atoms with van der Waals surface area (Å²) in [6.07, 6.45) is 5.31. The first kappa shape index (κ1) is 18.3. The molecule has 0 spiro atoms. The molecule has 0 saturated heterocycles. The molecule has 3 aromatic rings. The molecule has 2 heterocycles. The van der Waals surface area contributed by atoms with Crippen molar-refractivity contribution < 1.29 is 19.7 Å². The van der Waals surface area contributed by atoms with Crippen molar-refractivity contribution >= 4 is 16.9 Å². The Morgan fingerprint density at radius 3 is 2.66 bits per heavy atom. The number of benzene rings is 2. The molecule has 5 nitrogen and oxygen atoms in total. The van der Waals surface area contributed by atoms with Crippen molar-refractivity contribution in [3.63, 3.8) is 0 Å². The highest BCUT2D eigenvalue weighted by Crippen LogP contribution is 2.46. The number of hydrogen-bond donors (Lipinski definition) is 2. The second-order valence-corrected chi connectivity index (χ2v) is 8.21. The fourth-order valence-corrected chi connectivity index (χ4v) is 5.03. The molecule has 1 aromatic heterocycles. The van der Waals surface area contributed by atoms with E-state index in [2.05, 4.69) is 10.6 Å². The smallest absolute Gasteiger partial charge is 0.335 e. The summed E-state index contributed by atoms with van der Waals surface area (Å²) in [5.41, 5.74) is 4.53. The second kappa shape index (κ2) is 7.23. The van der Waals surface area contributed by atoms with E-state index in [0.29, 0.717) is 12.5 Å². The van der Waals surface area contributed by atoms with Gasteiger partial charge < -0.3 is 19.5 Å². The predicted octanol–water partition coefficient (Wildman–Crippen LogP) is 4.81. The van der Waals surface area contributed by atoms with Gasteiger partial charge >= 0.3 is 5.97 Å². The molecule has 1 aliphatic heterocycles. The minimum atomic E-state index is -0.934. The Morgan fingerprint density at radius 2 is 1.86 bits per heavy atom. The number of hydrogen-bond acceptors (Lipinski definition) is 3. The number of ether oxygens (including phenoxy) is 1. The van der Waals surface area contributed by atoms with E-state index in [4.69, 9.17) is 4.74 Å². The van der Waals surface area contributed by atoms with E-state index < -0.39 is 12.1 Å². The molecule has 5 heteroatoms. The van der Waals surface area contributed by atoms with Gasteiger partial charge in [0.1, 0.15) is 18.5 Å². The van der Waals surface area contributed by atoms with E-state index in [0.717, 1.165) is 40.8 Å². The molecule has 2 aliphatic rings. The van der Waals surface area contributed by atoms with Crippen molar-refractivity contribution in [1.82, 2.24) is 4.57 Å². The third-order valence-corrected chi connectivity index (χ3v) is 6.33. The Morgan fingerprint density at radius 1 is 1.07 bits per heavy atom. The van der Waals surface area contributed by atoms with Crippen LogP contribution in [-0.2, 0) is 6.54 Å². The Bertz CT molecular complexity index is 1080. The quantitative estimate of drug-likeness (QED) is 0.658. The number of aromatic nitrogens is 1. The number of para-hydroxylation sites is 1. The molecule has 0 unspecified atom stereocenters. The first-order valence-electron chi connectivity index (χ1n) is 10.4. The maximum Gasteiger partial charge on any atom is 0.335 e. The average molecular weight is 391 g/mol. The van der Waals surface area contributed by atoms with E-state index in [1.807, 2.05) is 24.3 Å². The highest BCUT2D eigenvalue weighted by atomic mass is 16.5. The van der Waals surface area contributed by atoms with E-state index in [1.54, 1.807) is 12.1 Å². The molecule has 1 atom stereocenters. The highest BCUT2D eigenvalue weighted by Gasteiger charge is 2.30. The summed E-state index contributed by atoms with van der Waals surface area (Å²) in [4.78, 5) is 11.6. The Balaban J connectivity index is 1.85. The number of aliphatic hydroxyl groups excluding tert-OH is 1. The van der Waals surface area contributed by atoms with Crippen LogP contribution >= 0.6 is 0 Å². The number of carboxylic acid groups (broad SMARTS) is 1. The van der Waals surface area contributed by atoms with Gasteiger partial charge in [-0.15, -0.1) is 0 Å². The van der Waals surface area contributed by atoms with E-state index in [9.17, 15) is 15.0 Å². The first-order chi connectivity index (χ1) is 14.1. The molecule has 0 bridgehead atoms. The minimum absolute atomic E-state index is 0.216. The second-order valence-electron chi connectivity index (χ2n) is 8.21. The number of aromatic carboxylic acids is 1. The van der Waals surface area contributed by atoms with Crippen molar-refractivity contribution in [3.05, 3.63) is 53.6 Å². The topological polar surface area (TPSA) is 71.7 Å². The average Bonchev–Trinajstić information content (AvgIpc) is 3.04. The summed E-state index contributed by atoms with van der Waals surface area (Å²) in [7, 11) is 0. The molecule has 0 amide bonds. The van der Waals surface area contributed by atoms with Gasteiger partial charge in [0.2, 0.25) is 0 Å². The van der Waals surface area contributed by atoms with Crippen LogP contribution in [0.2, 0.25) is 0 Å². The van der Waals surface area contributed by atoms with Gasteiger partial charge in [-0.25, -0.2) is 4.79 Å². The van der Waals surface area contributed by atoms with Crippen LogP contribution in [0.15, 0.2) is 42.5 Å². The Labute approximate surface area is 169 Å². The zero-order valence-electron chi connectivity index (χ0n) is 16.3. The highest BCUT2D eigenvalue weighted by molar-refractivity contribution is 5.98. The lowest BCUT2D eigenvalue weighted by molar-refractivity contribution is 0.0697. The van der Waals surface area contributed by atoms with Crippen LogP contribution in [0.5, 0.6) is 5.75 Å². The number of rotatable bonds is 2. The van der Waals surface area contributed by atoms with E-state index in [-0.39, 0.29) is 12.2 Å². The molecule has 0 radical (unpaired) electrons. The van der Waals surface area contributed by atoms with Crippen LogP contribution < -0.4 is 4.74 Å². The van der Waals surface area contributed by atoms with Gasteiger partial charge in [-0.05, 0) is 48.6 Å². The van der Waals surface area contributed by atoms with Gasteiger partial charge in [-0.1, -0.05) is 37.5 Å². The third-order valence-electron chi connectivity index (χ3n) is 6.33. The molecule has 2 aromatic carbocycles. The van der Waals surface area contributed by atoms with Crippen LogP contribution in [0.1, 0.15) is 53.9 Å². The fourth-order valence-electron chi connectivity index (χ4n) is 5.03. The van der Waals surface area contributed by atoms with E-state index in [1.165, 1.54) is 24.8 Å². The van der Waals surface area contributed by atoms with Gasteiger partial charge in [0.05, 0.1) is 17.8 Å². The van der Waals surface area contributed by atoms with Gasteiger partial charge in [-0.3, -0.25) is 0 Å². The van der Waals surface area contributed by atoms with Crippen molar-refractivity contribution in [2.75, 3.05) is 6.61 Å². The summed E-state index contributed by atoms with van der Waals surface area (Å²) >= 11 is 0. The summed E-state index contributed by atoms with van der Waals surface area (Å²) in [5.74, 6) is 0.269. The van der Waals surface area contributed by atoms with Gasteiger partial charge in [0, 0.05) is 16.5 Å². The molecule has 1 fully saturated rings. The molecule has 1 aliphatic carbocycles. The van der Waals surface area contributed by atoms with Crippen LogP contribution in [0.25, 0.3) is 22.2 Å². The molecule has 2 N–H and O–H groups in total. The lowest BCUT2D eigenvalue weighted by Crippen LogP contribution is -2.26. The summed E-state index contributed by atoms with van der Waals surface area (Å²) in [6.45, 7) is 0.601. The molecule has 150 valence electrons. The standard InChI is InChI=1S/C24H25NO4/c26-17-13-25-20-12-16(24(27)28)10-11-18(20)22(15-6-2-1-3-7-15)23(25)19-8-4-5-9-21(19)29-14-17/h4-5,8-12,15,17,26H,1-3,6-7,13-14H2,(H,27,28)/t17-/m0/s1. The summed E-state index contributed by atoms with van der Waals surface area (Å²) < 4.78 is 8.06. The van der Waals surface area contributed by atoms with Crippen molar-refractivity contribution in [3.8, 4) is 17.0 Å². The first-order valence-corrected chi connectivity index (χ1v) is 10.4. The SMILES string of the molecule is O=C(O)c1ccc2c(C3CCCCC3)c3n(c2c1)C[C@H](O)COc1ccccc1-3. The lowest BCUT2D eigenvalue weighted by atomic mass is 9.81. The largest absolute Gasteiger partial charge is 0.490 e. The van der Waals surface area contributed by atoms with Gasteiger partial charge in [0.25, 0.3) is 0 Å². The van der Waals surface area contributed by atoms with Gasteiger partial charge in [-0.2, -0.15) is 0 Å². The van der Waals surface area contributed by atoms with Crippen LogP contribution in [0.3, 0.4) is 0 Å². The van der Waals surface area contributed by atoms with Crippen molar-refractivity contribution in [2.24, 2.45) is 0 Å². The number of fused-ring (bicyclic) bond motifs is 5. The van der Waals surface area contributed by atoms with Crippen LogP contribution in [-0.4, -0.2) is 33.5 Å². The zero-order chi connectivity index (χ0) is 20.0. The fraction of sp³-hybridized carbons (Fsp3) is 0.375. The molecule has 5 rings (SSSR count). The van der Waals surface area contributed by atoms with Gasteiger partial charge in [0.15, 0.2) is 0 Å².